The third kappa shape index (κ3) is 5.69. The Labute approximate surface area is 200 Å². The van der Waals surface area contributed by atoms with Gasteiger partial charge in [-0.3, -0.25) is 0 Å². The van der Waals surface area contributed by atoms with Crippen molar-refractivity contribution in [2.24, 2.45) is 0 Å². The predicted octanol–water partition coefficient (Wildman–Crippen LogP) is 6.95. The number of aromatic nitrogens is 1. The molecular weight excluding hydrogens is 430 g/mol. The highest BCUT2D eigenvalue weighted by atomic mass is 35.5. The average molecular weight is 458 g/mol. The number of pyridine rings is 1. The summed E-state index contributed by atoms with van der Waals surface area (Å²) < 4.78 is 0. The van der Waals surface area contributed by atoms with Gasteiger partial charge in [-0.05, 0) is 73.2 Å². The first-order valence-electron chi connectivity index (χ1n) is 11.1. The molecule has 1 heterocycles. The molecule has 168 valence electrons. The van der Waals surface area contributed by atoms with Crippen molar-refractivity contribution in [3.8, 4) is 0 Å². The first-order chi connectivity index (χ1) is 15.8. The van der Waals surface area contributed by atoms with Gasteiger partial charge in [0, 0.05) is 10.4 Å². The van der Waals surface area contributed by atoms with E-state index in [1.54, 1.807) is 13.8 Å². The van der Waals surface area contributed by atoms with Crippen LogP contribution < -0.4 is 0 Å². The van der Waals surface area contributed by atoms with E-state index >= 15 is 0 Å². The Morgan fingerprint density at radius 3 is 2.48 bits per heavy atom. The molecule has 1 aromatic heterocycles. The number of benzene rings is 3. The molecule has 0 aliphatic heterocycles. The summed E-state index contributed by atoms with van der Waals surface area (Å²) in [7, 11) is 0. The maximum Gasteiger partial charge on any atom is 0.0843 e. The number of aliphatic hydroxyl groups is 2. The molecule has 33 heavy (non-hydrogen) atoms. The number of hydrogen-bond acceptors (Lipinski definition) is 3. The molecule has 0 aliphatic rings. The molecule has 0 saturated carbocycles. The minimum absolute atomic E-state index is 0.560. The number of rotatable bonds is 7. The Hall–Kier alpha value is -2.98. The summed E-state index contributed by atoms with van der Waals surface area (Å²) in [5.74, 6) is 0. The predicted molar refractivity (Wildman–Crippen MR) is 137 cm³/mol. The van der Waals surface area contributed by atoms with E-state index in [0.717, 1.165) is 38.9 Å². The molecule has 1 atom stereocenters. The van der Waals surface area contributed by atoms with Crippen molar-refractivity contribution in [1.29, 1.82) is 0 Å². The molecule has 0 spiro atoms. The lowest BCUT2D eigenvalue weighted by Gasteiger charge is -2.22. The number of aliphatic hydroxyl groups excluding tert-OH is 1. The van der Waals surface area contributed by atoms with E-state index in [-0.39, 0.29) is 0 Å². The van der Waals surface area contributed by atoms with Crippen LogP contribution in [0.1, 0.15) is 54.3 Å². The Morgan fingerprint density at radius 1 is 0.939 bits per heavy atom. The van der Waals surface area contributed by atoms with Gasteiger partial charge in [-0.15, -0.1) is 0 Å². The Balaban J connectivity index is 1.53. The summed E-state index contributed by atoms with van der Waals surface area (Å²) in [5, 5.41) is 23.2. The first-order valence-corrected chi connectivity index (χ1v) is 11.5. The van der Waals surface area contributed by atoms with Crippen LogP contribution in [0.15, 0.2) is 78.9 Å². The minimum atomic E-state index is -0.917. The standard InChI is InChI=1S/C29H28ClNO2/c1-29(2,33)26-10-6-4-8-21(26)14-18-28(32)25-9-5-3-7-20(25)12-16-24-17-13-22-11-15-23(30)19-27(22)31-24/h3-13,15-17,19,28,32-33H,14,18H2,1-2H3/b16-12+. The second kappa shape index (κ2) is 9.88. The number of fused-ring (bicyclic) bond motifs is 1. The van der Waals surface area contributed by atoms with Crippen LogP contribution in [0.25, 0.3) is 23.1 Å². The topological polar surface area (TPSA) is 53.4 Å². The lowest BCUT2D eigenvalue weighted by atomic mass is 9.89. The smallest absolute Gasteiger partial charge is 0.0843 e. The Morgan fingerprint density at radius 2 is 1.67 bits per heavy atom. The molecule has 4 aromatic rings. The van der Waals surface area contributed by atoms with E-state index in [4.69, 9.17) is 11.6 Å². The molecule has 0 radical (unpaired) electrons. The molecule has 1 unspecified atom stereocenters. The Kier molecular flexibility index (Phi) is 6.94. The first kappa shape index (κ1) is 23.2. The van der Waals surface area contributed by atoms with Crippen molar-refractivity contribution in [3.05, 3.63) is 112 Å². The van der Waals surface area contributed by atoms with Crippen molar-refractivity contribution in [1.82, 2.24) is 4.98 Å². The van der Waals surface area contributed by atoms with E-state index in [9.17, 15) is 10.2 Å². The van der Waals surface area contributed by atoms with Gasteiger partial charge in [-0.1, -0.05) is 78.3 Å². The lowest BCUT2D eigenvalue weighted by Crippen LogP contribution is -2.18. The number of nitrogens with zero attached hydrogens (tertiary/aromatic N) is 1. The van der Waals surface area contributed by atoms with Crippen LogP contribution in [0.2, 0.25) is 5.02 Å². The van der Waals surface area contributed by atoms with Crippen molar-refractivity contribution in [2.45, 2.75) is 38.4 Å². The summed E-state index contributed by atoms with van der Waals surface area (Å²) in [5.41, 5.74) is 4.53. The fourth-order valence-corrected chi connectivity index (χ4v) is 4.29. The van der Waals surface area contributed by atoms with E-state index < -0.39 is 11.7 Å². The summed E-state index contributed by atoms with van der Waals surface area (Å²) in [6.07, 6.45) is 4.55. The quantitative estimate of drug-likeness (QED) is 0.315. The van der Waals surface area contributed by atoms with E-state index in [1.165, 1.54) is 0 Å². The summed E-state index contributed by atoms with van der Waals surface area (Å²) in [6, 6.07) is 25.4. The summed E-state index contributed by atoms with van der Waals surface area (Å²) >= 11 is 6.11. The van der Waals surface area contributed by atoms with Crippen LogP contribution in [0.4, 0.5) is 0 Å². The maximum atomic E-state index is 11.0. The third-order valence-corrected chi connectivity index (χ3v) is 6.06. The van der Waals surface area contributed by atoms with Crippen LogP contribution in [0.3, 0.4) is 0 Å². The van der Waals surface area contributed by atoms with Gasteiger partial charge in [-0.25, -0.2) is 4.98 Å². The molecule has 4 rings (SSSR count). The van der Waals surface area contributed by atoms with E-state index in [0.29, 0.717) is 17.9 Å². The third-order valence-electron chi connectivity index (χ3n) is 5.83. The molecule has 0 amide bonds. The van der Waals surface area contributed by atoms with Crippen molar-refractivity contribution >= 4 is 34.7 Å². The Bertz CT molecular complexity index is 1290. The van der Waals surface area contributed by atoms with Crippen molar-refractivity contribution in [3.63, 3.8) is 0 Å². The van der Waals surface area contributed by atoms with Gasteiger partial charge in [0.05, 0.1) is 22.9 Å². The zero-order valence-electron chi connectivity index (χ0n) is 18.9. The van der Waals surface area contributed by atoms with Crippen LogP contribution in [-0.2, 0) is 12.0 Å². The van der Waals surface area contributed by atoms with Gasteiger partial charge < -0.3 is 10.2 Å². The van der Waals surface area contributed by atoms with Gasteiger partial charge >= 0.3 is 0 Å². The van der Waals surface area contributed by atoms with E-state index in [2.05, 4.69) is 4.98 Å². The number of hydrogen-bond donors (Lipinski definition) is 2. The molecule has 3 aromatic carbocycles. The largest absolute Gasteiger partial charge is 0.388 e. The highest BCUT2D eigenvalue weighted by Crippen LogP contribution is 2.28. The second-order valence-electron chi connectivity index (χ2n) is 8.81. The normalized spacial score (nSPS) is 13.0. The monoisotopic (exact) mass is 457 g/mol. The zero-order valence-corrected chi connectivity index (χ0v) is 19.6. The lowest BCUT2D eigenvalue weighted by molar-refractivity contribution is 0.0772. The van der Waals surface area contributed by atoms with Crippen LogP contribution in [-0.4, -0.2) is 15.2 Å². The molecule has 4 heteroatoms. The molecule has 0 saturated heterocycles. The van der Waals surface area contributed by atoms with Crippen LogP contribution >= 0.6 is 11.6 Å². The fraction of sp³-hybridized carbons (Fsp3) is 0.207. The number of halogens is 1. The van der Waals surface area contributed by atoms with Gasteiger partial charge in [0.1, 0.15) is 0 Å². The number of aryl methyl sites for hydroxylation is 1. The second-order valence-corrected chi connectivity index (χ2v) is 9.24. The van der Waals surface area contributed by atoms with Gasteiger partial charge in [0.2, 0.25) is 0 Å². The van der Waals surface area contributed by atoms with Gasteiger partial charge in [-0.2, -0.15) is 0 Å². The van der Waals surface area contributed by atoms with Gasteiger partial charge in [0.25, 0.3) is 0 Å². The van der Waals surface area contributed by atoms with Crippen LogP contribution in [0.5, 0.6) is 0 Å². The summed E-state index contributed by atoms with van der Waals surface area (Å²) in [4.78, 5) is 4.68. The van der Waals surface area contributed by atoms with Gasteiger partial charge in [0.15, 0.2) is 0 Å². The SMILES string of the molecule is CC(C)(O)c1ccccc1CCC(O)c1ccccc1/C=C/c1ccc2ccc(Cl)cc2n1. The molecular formula is C29H28ClNO2. The zero-order chi connectivity index (χ0) is 23.4. The highest BCUT2D eigenvalue weighted by Gasteiger charge is 2.20. The van der Waals surface area contributed by atoms with E-state index in [1.807, 2.05) is 91.0 Å². The van der Waals surface area contributed by atoms with Crippen molar-refractivity contribution in [2.75, 3.05) is 0 Å². The molecule has 2 N–H and O–H groups in total. The summed E-state index contributed by atoms with van der Waals surface area (Å²) in [6.45, 7) is 3.58. The van der Waals surface area contributed by atoms with Crippen LogP contribution in [0, 0.1) is 0 Å². The molecule has 0 bridgehead atoms. The molecule has 0 fully saturated rings. The maximum absolute atomic E-state index is 11.0. The molecule has 0 aliphatic carbocycles. The minimum Gasteiger partial charge on any atom is -0.388 e. The fourth-order valence-electron chi connectivity index (χ4n) is 4.12. The van der Waals surface area contributed by atoms with Crippen molar-refractivity contribution < 1.29 is 10.2 Å². The highest BCUT2D eigenvalue weighted by molar-refractivity contribution is 6.31. The molecule has 3 nitrogen and oxygen atoms in total. The average Bonchev–Trinajstić information content (AvgIpc) is 2.80.